The lowest BCUT2D eigenvalue weighted by molar-refractivity contribution is -0.124. The third kappa shape index (κ3) is 4.91. The summed E-state index contributed by atoms with van der Waals surface area (Å²) in [6.45, 7) is 3.43. The Kier molecular flexibility index (Phi) is 6.06. The molecule has 0 unspecified atom stereocenters. The molecule has 7 heteroatoms. The van der Waals surface area contributed by atoms with E-state index in [9.17, 15) is 14.0 Å². The molecule has 1 heterocycles. The Bertz CT molecular complexity index is 728. The molecule has 1 aromatic heterocycles. The molecule has 2 rings (SSSR count). The summed E-state index contributed by atoms with van der Waals surface area (Å²) in [5.41, 5.74) is 2.16. The molecule has 0 radical (unpaired) electrons. The van der Waals surface area contributed by atoms with E-state index in [0.717, 1.165) is 18.5 Å². The predicted octanol–water partition coefficient (Wildman–Crippen LogP) is 2.28. The Hall–Kier alpha value is -2.70. The zero-order chi connectivity index (χ0) is 17.5. The first-order valence-electron chi connectivity index (χ1n) is 7.72. The number of H-pyrrole nitrogens is 1. The highest BCUT2D eigenvalue weighted by Gasteiger charge is 2.13. The van der Waals surface area contributed by atoms with Crippen molar-refractivity contribution in [2.75, 3.05) is 6.61 Å². The molecule has 1 amide bonds. The van der Waals surface area contributed by atoms with E-state index in [0.29, 0.717) is 11.1 Å². The van der Waals surface area contributed by atoms with Crippen molar-refractivity contribution in [3.8, 4) is 0 Å². The van der Waals surface area contributed by atoms with Gasteiger partial charge in [-0.3, -0.25) is 9.89 Å². The van der Waals surface area contributed by atoms with E-state index in [2.05, 4.69) is 15.5 Å². The fraction of sp³-hybridized carbons (Fsp3) is 0.353. The molecular weight excluding hydrogens is 313 g/mol. The molecular formula is C17H20FN3O3. The standard InChI is InChI=1S/C17H20FN3O3/c1-3-4-13-8-15(21-20-13)17(23)24-10-16(22)19-9-12-6-5-11(2)14(18)7-12/h5-8H,3-4,9-10H2,1-2H3,(H,19,22)(H,20,21). The molecule has 0 atom stereocenters. The average Bonchev–Trinajstić information content (AvgIpc) is 3.03. The lowest BCUT2D eigenvalue weighted by atomic mass is 10.1. The number of nitrogens with one attached hydrogen (secondary N) is 2. The zero-order valence-electron chi connectivity index (χ0n) is 13.7. The van der Waals surface area contributed by atoms with Crippen molar-refractivity contribution >= 4 is 11.9 Å². The summed E-state index contributed by atoms with van der Waals surface area (Å²) >= 11 is 0. The molecule has 1 aromatic carbocycles. The maximum atomic E-state index is 13.4. The van der Waals surface area contributed by atoms with E-state index in [4.69, 9.17) is 4.74 Å². The van der Waals surface area contributed by atoms with Gasteiger partial charge in [-0.2, -0.15) is 5.10 Å². The van der Waals surface area contributed by atoms with E-state index in [1.165, 1.54) is 6.07 Å². The highest BCUT2D eigenvalue weighted by atomic mass is 19.1. The second-order valence-electron chi connectivity index (χ2n) is 5.46. The molecule has 0 aliphatic rings. The van der Waals surface area contributed by atoms with Crippen LogP contribution in [0, 0.1) is 12.7 Å². The maximum absolute atomic E-state index is 13.4. The number of esters is 1. The highest BCUT2D eigenvalue weighted by Crippen LogP contribution is 2.09. The predicted molar refractivity (Wildman–Crippen MR) is 85.8 cm³/mol. The van der Waals surface area contributed by atoms with Gasteiger partial charge in [0.1, 0.15) is 5.82 Å². The largest absolute Gasteiger partial charge is 0.451 e. The topological polar surface area (TPSA) is 84.1 Å². The summed E-state index contributed by atoms with van der Waals surface area (Å²) in [4.78, 5) is 23.5. The van der Waals surface area contributed by atoms with Crippen LogP contribution in [0.3, 0.4) is 0 Å². The Morgan fingerprint density at radius 2 is 2.12 bits per heavy atom. The highest BCUT2D eigenvalue weighted by molar-refractivity contribution is 5.89. The SMILES string of the molecule is CCCc1cc(C(=O)OCC(=O)NCc2ccc(C)c(F)c2)n[nH]1. The number of rotatable bonds is 7. The minimum atomic E-state index is -0.662. The van der Waals surface area contributed by atoms with Crippen molar-refractivity contribution in [2.45, 2.75) is 33.2 Å². The fourth-order valence-electron chi connectivity index (χ4n) is 2.07. The van der Waals surface area contributed by atoms with Crippen LogP contribution in [-0.2, 0) is 22.5 Å². The number of halogens is 1. The molecule has 2 N–H and O–H groups in total. The van der Waals surface area contributed by atoms with E-state index in [-0.39, 0.29) is 18.1 Å². The van der Waals surface area contributed by atoms with Crippen LogP contribution in [0.2, 0.25) is 0 Å². The maximum Gasteiger partial charge on any atom is 0.359 e. The van der Waals surface area contributed by atoms with Gasteiger partial charge < -0.3 is 10.1 Å². The van der Waals surface area contributed by atoms with E-state index < -0.39 is 18.5 Å². The molecule has 6 nitrogen and oxygen atoms in total. The van der Waals surface area contributed by atoms with Crippen LogP contribution in [0.1, 0.15) is 40.7 Å². The molecule has 0 spiro atoms. The molecule has 0 aliphatic carbocycles. The van der Waals surface area contributed by atoms with Gasteiger partial charge in [0.05, 0.1) is 0 Å². The number of aryl methyl sites for hydroxylation is 2. The summed E-state index contributed by atoms with van der Waals surface area (Å²) in [5.74, 6) is -1.45. The van der Waals surface area contributed by atoms with Crippen molar-refractivity contribution in [1.82, 2.24) is 15.5 Å². The van der Waals surface area contributed by atoms with Crippen molar-refractivity contribution in [3.63, 3.8) is 0 Å². The lowest BCUT2D eigenvalue weighted by Gasteiger charge is -2.06. The molecule has 2 aromatic rings. The third-order valence-corrected chi connectivity index (χ3v) is 3.42. The van der Waals surface area contributed by atoms with Crippen molar-refractivity contribution in [3.05, 3.63) is 52.6 Å². The smallest absolute Gasteiger partial charge is 0.359 e. The Labute approximate surface area is 139 Å². The van der Waals surface area contributed by atoms with Crippen molar-refractivity contribution < 1.29 is 18.7 Å². The van der Waals surface area contributed by atoms with Crippen LogP contribution >= 0.6 is 0 Å². The average molecular weight is 333 g/mol. The van der Waals surface area contributed by atoms with Crippen LogP contribution in [0.15, 0.2) is 24.3 Å². The Balaban J connectivity index is 1.77. The van der Waals surface area contributed by atoms with E-state index in [1.54, 1.807) is 25.1 Å². The summed E-state index contributed by atoms with van der Waals surface area (Å²) in [6, 6.07) is 6.34. The first kappa shape index (κ1) is 17.7. The van der Waals surface area contributed by atoms with Gasteiger partial charge in [0, 0.05) is 12.2 Å². The normalized spacial score (nSPS) is 10.5. The van der Waals surface area contributed by atoms with Crippen LogP contribution in [-0.4, -0.2) is 28.7 Å². The van der Waals surface area contributed by atoms with Gasteiger partial charge in [0.25, 0.3) is 5.91 Å². The second-order valence-corrected chi connectivity index (χ2v) is 5.46. The number of hydrogen-bond donors (Lipinski definition) is 2. The summed E-state index contributed by atoms with van der Waals surface area (Å²) in [5, 5.41) is 9.16. The van der Waals surface area contributed by atoms with Gasteiger partial charge in [-0.1, -0.05) is 25.5 Å². The number of ether oxygens (including phenoxy) is 1. The Morgan fingerprint density at radius 1 is 1.33 bits per heavy atom. The third-order valence-electron chi connectivity index (χ3n) is 3.42. The Morgan fingerprint density at radius 3 is 2.83 bits per heavy atom. The zero-order valence-corrected chi connectivity index (χ0v) is 13.7. The minimum Gasteiger partial charge on any atom is -0.451 e. The number of nitrogens with zero attached hydrogens (tertiary/aromatic N) is 1. The summed E-state index contributed by atoms with van der Waals surface area (Å²) in [6.07, 6.45) is 1.71. The van der Waals surface area contributed by atoms with E-state index in [1.807, 2.05) is 6.92 Å². The second kappa shape index (κ2) is 8.24. The molecule has 0 fully saturated rings. The fourth-order valence-corrected chi connectivity index (χ4v) is 2.07. The molecule has 128 valence electrons. The number of aromatic amines is 1. The lowest BCUT2D eigenvalue weighted by Crippen LogP contribution is -2.28. The summed E-state index contributed by atoms with van der Waals surface area (Å²) in [7, 11) is 0. The molecule has 0 saturated heterocycles. The molecule has 0 saturated carbocycles. The van der Waals surface area contributed by atoms with Gasteiger partial charge >= 0.3 is 5.97 Å². The molecule has 0 aliphatic heterocycles. The van der Waals surface area contributed by atoms with Crippen molar-refractivity contribution in [2.24, 2.45) is 0 Å². The number of hydrogen-bond acceptors (Lipinski definition) is 4. The number of carbonyl (C=O) groups is 2. The van der Waals surface area contributed by atoms with Gasteiger partial charge in [0.15, 0.2) is 12.3 Å². The quantitative estimate of drug-likeness (QED) is 0.762. The van der Waals surface area contributed by atoms with Gasteiger partial charge in [0.2, 0.25) is 0 Å². The van der Waals surface area contributed by atoms with E-state index >= 15 is 0 Å². The molecule has 24 heavy (non-hydrogen) atoms. The minimum absolute atomic E-state index is 0.145. The number of benzene rings is 1. The monoisotopic (exact) mass is 333 g/mol. The first-order valence-corrected chi connectivity index (χ1v) is 7.72. The van der Waals surface area contributed by atoms with Gasteiger partial charge in [-0.15, -0.1) is 0 Å². The van der Waals surface area contributed by atoms with Gasteiger partial charge in [-0.05, 0) is 36.6 Å². The van der Waals surface area contributed by atoms with Crippen LogP contribution < -0.4 is 5.32 Å². The number of carbonyl (C=O) groups excluding carboxylic acids is 2. The van der Waals surface area contributed by atoms with Crippen LogP contribution in [0.25, 0.3) is 0 Å². The number of amides is 1. The van der Waals surface area contributed by atoms with Crippen molar-refractivity contribution in [1.29, 1.82) is 0 Å². The van der Waals surface area contributed by atoms with Crippen LogP contribution in [0.5, 0.6) is 0 Å². The molecule has 0 bridgehead atoms. The summed E-state index contributed by atoms with van der Waals surface area (Å²) < 4.78 is 18.3. The van der Waals surface area contributed by atoms with Gasteiger partial charge in [-0.25, -0.2) is 9.18 Å². The number of aromatic nitrogens is 2. The van der Waals surface area contributed by atoms with Crippen LogP contribution in [0.4, 0.5) is 4.39 Å². The first-order chi connectivity index (χ1) is 11.5.